The fourth-order valence-electron chi connectivity index (χ4n) is 7.61. The largest absolute Gasteiger partial charge is 0.497 e. The number of nitrogens with zero attached hydrogens (tertiary/aromatic N) is 2. The molecule has 332 valence electrons. The van der Waals surface area contributed by atoms with Crippen molar-refractivity contribution in [2.24, 2.45) is 11.8 Å². The van der Waals surface area contributed by atoms with E-state index < -0.39 is 108 Å². The molecular weight excluding hydrogens is 782 g/mol. The lowest BCUT2D eigenvalue weighted by atomic mass is 9.95. The summed E-state index contributed by atoms with van der Waals surface area (Å²) in [6.07, 6.45) is -4.14. The zero-order valence-corrected chi connectivity index (χ0v) is 35.6. The maximum absolute atomic E-state index is 14.5. The predicted octanol–water partition coefficient (Wildman–Crippen LogP) is -0.990. The molecule has 7 N–H and O–H groups in total. The van der Waals surface area contributed by atoms with Crippen LogP contribution in [0.15, 0.2) is 24.3 Å². The van der Waals surface area contributed by atoms with E-state index in [-0.39, 0.29) is 50.4 Å². The van der Waals surface area contributed by atoms with Gasteiger partial charge in [-0.2, -0.15) is 0 Å². The molecule has 1 aromatic carbocycles. The van der Waals surface area contributed by atoms with Crippen molar-refractivity contribution in [1.82, 2.24) is 36.4 Å². The number of piperidine rings is 1. The number of ether oxygens (including phenoxy) is 2. The van der Waals surface area contributed by atoms with Gasteiger partial charge in [-0.1, -0.05) is 46.2 Å². The SMILES string of the molecule is CCC(C)C1NC(=O)C(Cc2ccc(OC)cc2)N(C)C(=O)C(C(C)O)N2C(=O)C(CCC2O)NC(=O)C(CC(C)C)NC(=O)C(NC(=O)C2CCC(=O)N2)C(C)OC1=O. The molecule has 0 radical (unpaired) electrons. The lowest BCUT2D eigenvalue weighted by molar-refractivity contribution is -0.170. The number of aliphatic hydroxyl groups is 2. The first-order chi connectivity index (χ1) is 28.3. The molecule has 2 bridgehead atoms. The Labute approximate surface area is 350 Å². The van der Waals surface area contributed by atoms with E-state index in [1.807, 2.05) is 0 Å². The van der Waals surface area contributed by atoms with Crippen molar-refractivity contribution in [3.05, 3.63) is 29.8 Å². The molecule has 11 atom stereocenters. The number of carbonyl (C=O) groups excluding carboxylic acids is 8. The smallest absolute Gasteiger partial charge is 0.329 e. The standard InChI is InChI=1S/C41H61N7O12/c1-9-21(4)32-41(58)60-23(6)33(46-35(52)26-14-16-30(50)42-26)38(55)44-28(18-20(2)3)36(53)43-27-15-17-31(51)48(39(27)56)34(22(5)49)40(57)47(7)29(37(54)45-32)19-24-10-12-25(59-8)13-11-24/h10-13,20-23,26-29,31-34,49,51H,9,14-19H2,1-8H3,(H,42,50)(H,43,53)(H,44,55)(H,45,54)(H,46,52). The number of carbonyl (C=O) groups is 8. The first-order valence-corrected chi connectivity index (χ1v) is 20.6. The molecule has 0 aromatic heterocycles. The molecule has 7 amide bonds. The van der Waals surface area contributed by atoms with Crippen LogP contribution in [0.4, 0.5) is 0 Å². The average Bonchev–Trinajstić information content (AvgIpc) is 3.64. The summed E-state index contributed by atoms with van der Waals surface area (Å²) in [6.45, 7) is 9.68. The lowest BCUT2D eigenvalue weighted by Crippen LogP contribution is -2.67. The lowest BCUT2D eigenvalue weighted by Gasteiger charge is -2.43. The second kappa shape index (κ2) is 20.8. The number of rotatable bonds is 10. The zero-order chi connectivity index (χ0) is 44.6. The van der Waals surface area contributed by atoms with Gasteiger partial charge in [0.05, 0.1) is 13.2 Å². The maximum Gasteiger partial charge on any atom is 0.329 e. The predicted molar refractivity (Wildman–Crippen MR) is 214 cm³/mol. The summed E-state index contributed by atoms with van der Waals surface area (Å²) >= 11 is 0. The van der Waals surface area contributed by atoms with Gasteiger partial charge in [0.1, 0.15) is 60.4 Å². The second-order valence-electron chi connectivity index (χ2n) is 16.4. The van der Waals surface area contributed by atoms with E-state index in [9.17, 15) is 48.6 Å². The number of fused-ring (bicyclic) bond motifs is 2. The van der Waals surface area contributed by atoms with Crippen molar-refractivity contribution in [3.63, 3.8) is 0 Å². The Bertz CT molecular complexity index is 1760. The Morgan fingerprint density at radius 1 is 0.917 bits per heavy atom. The normalized spacial score (nSPS) is 29.9. The highest BCUT2D eigenvalue weighted by Crippen LogP contribution is 2.25. The molecule has 0 aliphatic carbocycles. The van der Waals surface area contributed by atoms with Crippen LogP contribution in [0.25, 0.3) is 0 Å². The van der Waals surface area contributed by atoms with Gasteiger partial charge in [-0.15, -0.1) is 0 Å². The summed E-state index contributed by atoms with van der Waals surface area (Å²) in [6, 6.07) is -2.91. The zero-order valence-electron chi connectivity index (χ0n) is 35.6. The summed E-state index contributed by atoms with van der Waals surface area (Å²) in [4.78, 5) is 113. The number of likely N-dealkylation sites (N-methyl/N-ethyl adjacent to an activating group) is 1. The number of aliphatic hydroxyl groups excluding tert-OH is 2. The van der Waals surface area contributed by atoms with Crippen molar-refractivity contribution < 1.29 is 58.0 Å². The number of nitrogens with one attached hydrogen (secondary N) is 5. The fourth-order valence-corrected chi connectivity index (χ4v) is 7.61. The van der Waals surface area contributed by atoms with E-state index in [4.69, 9.17) is 9.47 Å². The quantitative estimate of drug-likeness (QED) is 0.140. The third-order valence-electron chi connectivity index (χ3n) is 11.4. The number of cyclic esters (lactones) is 1. The molecule has 3 fully saturated rings. The van der Waals surface area contributed by atoms with Crippen LogP contribution in [0.1, 0.15) is 85.6 Å². The number of methoxy groups -OCH3 is 1. The van der Waals surface area contributed by atoms with Gasteiger partial charge in [-0.05, 0) is 69.1 Å². The van der Waals surface area contributed by atoms with Crippen LogP contribution in [-0.4, -0.2) is 142 Å². The molecule has 0 spiro atoms. The first kappa shape index (κ1) is 47.4. The van der Waals surface area contributed by atoms with Crippen molar-refractivity contribution in [2.45, 2.75) is 147 Å². The molecule has 19 nitrogen and oxygen atoms in total. The monoisotopic (exact) mass is 843 g/mol. The highest BCUT2D eigenvalue weighted by molar-refractivity contribution is 5.98. The van der Waals surface area contributed by atoms with Gasteiger partial charge in [-0.25, -0.2) is 4.79 Å². The molecule has 3 heterocycles. The molecule has 3 aliphatic rings. The molecule has 0 saturated carbocycles. The Kier molecular flexibility index (Phi) is 16.4. The van der Waals surface area contributed by atoms with Crippen LogP contribution in [0.5, 0.6) is 5.75 Å². The second-order valence-corrected chi connectivity index (χ2v) is 16.4. The molecule has 3 aliphatic heterocycles. The summed E-state index contributed by atoms with van der Waals surface area (Å²) < 4.78 is 11.1. The highest BCUT2D eigenvalue weighted by atomic mass is 16.5. The molecule has 1 aromatic rings. The maximum atomic E-state index is 14.5. The average molecular weight is 844 g/mol. The van der Waals surface area contributed by atoms with Crippen LogP contribution >= 0.6 is 0 Å². The number of benzene rings is 1. The Morgan fingerprint density at radius 2 is 1.58 bits per heavy atom. The Hall–Kier alpha value is -5.30. The van der Waals surface area contributed by atoms with Gasteiger partial charge in [0.15, 0.2) is 0 Å². The van der Waals surface area contributed by atoms with Crippen LogP contribution in [0, 0.1) is 11.8 Å². The summed E-state index contributed by atoms with van der Waals surface area (Å²) in [7, 11) is 2.79. The highest BCUT2D eigenvalue weighted by Gasteiger charge is 2.47. The Balaban J connectivity index is 1.84. The van der Waals surface area contributed by atoms with Crippen molar-refractivity contribution >= 4 is 47.3 Å². The Morgan fingerprint density at radius 3 is 2.15 bits per heavy atom. The van der Waals surface area contributed by atoms with Crippen LogP contribution < -0.4 is 31.3 Å². The molecular formula is C41H61N7O12. The summed E-state index contributed by atoms with van der Waals surface area (Å²) in [5.41, 5.74) is 0.578. The molecule has 19 heteroatoms. The van der Waals surface area contributed by atoms with Crippen LogP contribution in [0.3, 0.4) is 0 Å². The van der Waals surface area contributed by atoms with Gasteiger partial charge in [0.25, 0.3) is 0 Å². The van der Waals surface area contributed by atoms with E-state index in [0.29, 0.717) is 17.7 Å². The van der Waals surface area contributed by atoms with Crippen molar-refractivity contribution in [1.29, 1.82) is 0 Å². The van der Waals surface area contributed by atoms with Gasteiger partial charge < -0.3 is 56.1 Å². The number of hydrogen-bond donors (Lipinski definition) is 7. The number of hydrogen-bond acceptors (Lipinski definition) is 12. The van der Waals surface area contributed by atoms with E-state index in [1.165, 1.54) is 28.0 Å². The minimum atomic E-state index is -1.72. The minimum Gasteiger partial charge on any atom is -0.497 e. The molecule has 3 saturated heterocycles. The first-order valence-electron chi connectivity index (χ1n) is 20.6. The third kappa shape index (κ3) is 11.5. The molecule has 4 rings (SSSR count). The van der Waals surface area contributed by atoms with Gasteiger partial charge in [0, 0.05) is 19.9 Å². The van der Waals surface area contributed by atoms with Gasteiger partial charge in [-0.3, -0.25) is 33.6 Å². The number of amides is 7. The molecule has 60 heavy (non-hydrogen) atoms. The van der Waals surface area contributed by atoms with E-state index in [2.05, 4.69) is 26.6 Å². The van der Waals surface area contributed by atoms with Gasteiger partial charge >= 0.3 is 5.97 Å². The number of esters is 1. The topological polar surface area (TPSA) is 262 Å². The summed E-state index contributed by atoms with van der Waals surface area (Å²) in [5, 5.41) is 35.4. The van der Waals surface area contributed by atoms with Crippen molar-refractivity contribution in [3.8, 4) is 5.75 Å². The third-order valence-corrected chi connectivity index (χ3v) is 11.4. The fraction of sp³-hybridized carbons (Fsp3) is 0.659. The molecule has 11 unspecified atom stereocenters. The van der Waals surface area contributed by atoms with E-state index in [1.54, 1.807) is 52.0 Å². The van der Waals surface area contributed by atoms with Crippen molar-refractivity contribution in [2.75, 3.05) is 14.2 Å². The van der Waals surface area contributed by atoms with E-state index >= 15 is 0 Å². The van der Waals surface area contributed by atoms with Crippen LogP contribution in [-0.2, 0) is 49.5 Å². The van der Waals surface area contributed by atoms with Gasteiger partial charge in [0.2, 0.25) is 41.4 Å². The minimum absolute atomic E-state index is 0.0561. The van der Waals surface area contributed by atoms with Crippen LogP contribution in [0.2, 0.25) is 0 Å². The summed E-state index contributed by atoms with van der Waals surface area (Å²) in [5.74, 6) is -6.56. The van der Waals surface area contributed by atoms with E-state index in [0.717, 1.165) is 9.80 Å².